The quantitative estimate of drug-likeness (QED) is 0.355. The van der Waals surface area contributed by atoms with Crippen LogP contribution in [0.15, 0.2) is 4.99 Å². The second kappa shape index (κ2) is 12.4. The largest absolute Gasteiger partial charge is 0.379 e. The normalized spacial score (nSPS) is 18.4. The highest BCUT2D eigenvalue weighted by Gasteiger charge is 2.26. The zero-order valence-electron chi connectivity index (χ0n) is 14.7. The minimum absolute atomic E-state index is 0. The smallest absolute Gasteiger partial charge is 0.188 e. The molecule has 1 rings (SSSR count). The lowest BCUT2D eigenvalue weighted by molar-refractivity contribution is 0.00275. The number of nitrogens with one attached hydrogen (secondary N) is 1. The number of rotatable bonds is 8. The number of halogens is 1. The van der Waals surface area contributed by atoms with Gasteiger partial charge in [-0.3, -0.25) is 9.89 Å². The van der Waals surface area contributed by atoms with Crippen molar-refractivity contribution in [1.82, 2.24) is 10.2 Å². The van der Waals surface area contributed by atoms with E-state index >= 15 is 0 Å². The van der Waals surface area contributed by atoms with E-state index in [0.29, 0.717) is 23.8 Å². The van der Waals surface area contributed by atoms with Gasteiger partial charge in [-0.05, 0) is 11.8 Å². The van der Waals surface area contributed by atoms with Gasteiger partial charge < -0.3 is 15.8 Å². The lowest BCUT2D eigenvalue weighted by atomic mass is 9.92. The molecule has 1 heterocycles. The molecule has 0 saturated carbocycles. The highest BCUT2D eigenvalue weighted by atomic mass is 127. The third-order valence-electron chi connectivity index (χ3n) is 4.23. The molecule has 0 aromatic rings. The van der Waals surface area contributed by atoms with E-state index in [1.54, 1.807) is 0 Å². The molecule has 22 heavy (non-hydrogen) atoms. The standard InChI is InChI=1S/C16H34N4O.HI/c1-5-14(6-2)15(20-7-9-21-10-8-20)12-19-16(17)18-11-13(3)4;/h13-15H,5-12H2,1-4H3,(H3,17,18,19);1H. The van der Waals surface area contributed by atoms with E-state index in [9.17, 15) is 0 Å². The monoisotopic (exact) mass is 426 g/mol. The first-order valence-electron chi connectivity index (χ1n) is 8.44. The predicted molar refractivity (Wildman–Crippen MR) is 105 cm³/mol. The molecule has 1 aliphatic rings. The topological polar surface area (TPSA) is 62.9 Å². The van der Waals surface area contributed by atoms with Crippen LogP contribution >= 0.6 is 24.0 Å². The summed E-state index contributed by atoms with van der Waals surface area (Å²) in [6.07, 6.45) is 2.40. The van der Waals surface area contributed by atoms with Crippen LogP contribution < -0.4 is 11.1 Å². The number of nitrogens with two attached hydrogens (primary N) is 1. The molecule has 0 bridgehead atoms. The summed E-state index contributed by atoms with van der Waals surface area (Å²) >= 11 is 0. The van der Waals surface area contributed by atoms with Crippen LogP contribution in [0.4, 0.5) is 0 Å². The molecule has 6 heteroatoms. The van der Waals surface area contributed by atoms with E-state index in [1.807, 2.05) is 0 Å². The van der Waals surface area contributed by atoms with Crippen LogP contribution in [-0.4, -0.2) is 56.3 Å². The van der Waals surface area contributed by atoms with Gasteiger partial charge in [0.2, 0.25) is 0 Å². The van der Waals surface area contributed by atoms with Crippen LogP contribution in [0.5, 0.6) is 0 Å². The second-order valence-electron chi connectivity index (χ2n) is 6.29. The summed E-state index contributed by atoms with van der Waals surface area (Å²) in [6, 6.07) is 0.511. The molecular weight excluding hydrogens is 391 g/mol. The summed E-state index contributed by atoms with van der Waals surface area (Å²) < 4.78 is 5.48. The van der Waals surface area contributed by atoms with Crippen LogP contribution in [0.2, 0.25) is 0 Å². The van der Waals surface area contributed by atoms with Crippen LogP contribution in [0.3, 0.4) is 0 Å². The molecule has 0 radical (unpaired) electrons. The van der Waals surface area contributed by atoms with Gasteiger partial charge in [-0.15, -0.1) is 24.0 Å². The van der Waals surface area contributed by atoms with Gasteiger partial charge in [-0.2, -0.15) is 0 Å². The summed E-state index contributed by atoms with van der Waals surface area (Å²) in [7, 11) is 0. The first kappa shape index (κ1) is 21.9. The predicted octanol–water partition coefficient (Wildman–Crippen LogP) is 2.30. The Bertz CT molecular complexity index is 303. The minimum atomic E-state index is 0. The molecule has 0 spiro atoms. The molecule has 0 aromatic carbocycles. The van der Waals surface area contributed by atoms with Gasteiger partial charge in [-0.1, -0.05) is 40.5 Å². The maximum Gasteiger partial charge on any atom is 0.188 e. The van der Waals surface area contributed by atoms with Gasteiger partial charge in [0.15, 0.2) is 5.96 Å². The average molecular weight is 426 g/mol. The van der Waals surface area contributed by atoms with Crippen molar-refractivity contribution < 1.29 is 4.74 Å². The Hall–Kier alpha value is -0.0800. The summed E-state index contributed by atoms with van der Waals surface area (Å²) in [4.78, 5) is 6.94. The van der Waals surface area contributed by atoms with Gasteiger partial charge >= 0.3 is 0 Å². The lowest BCUT2D eigenvalue weighted by Crippen LogP contribution is -2.52. The molecule has 3 N–H and O–H groups in total. The molecular formula is C16H35IN4O. The van der Waals surface area contributed by atoms with Crippen LogP contribution in [0, 0.1) is 11.8 Å². The van der Waals surface area contributed by atoms with Crippen molar-refractivity contribution in [1.29, 1.82) is 0 Å². The first-order valence-corrected chi connectivity index (χ1v) is 8.44. The third-order valence-corrected chi connectivity index (χ3v) is 4.23. The third kappa shape index (κ3) is 7.97. The van der Waals surface area contributed by atoms with E-state index in [-0.39, 0.29) is 24.0 Å². The van der Waals surface area contributed by atoms with Crippen LogP contribution in [0.1, 0.15) is 40.5 Å². The molecule has 0 amide bonds. The summed E-state index contributed by atoms with van der Waals surface area (Å²) in [5.74, 6) is 1.81. The Labute approximate surface area is 153 Å². The second-order valence-corrected chi connectivity index (χ2v) is 6.29. The van der Waals surface area contributed by atoms with E-state index < -0.39 is 0 Å². The number of ether oxygens (including phenoxy) is 1. The molecule has 132 valence electrons. The zero-order valence-corrected chi connectivity index (χ0v) is 17.0. The fourth-order valence-electron chi connectivity index (χ4n) is 2.88. The number of nitrogens with zero attached hydrogens (tertiary/aromatic N) is 2. The highest BCUT2D eigenvalue weighted by Crippen LogP contribution is 2.19. The molecule has 1 fully saturated rings. The van der Waals surface area contributed by atoms with Crippen LogP contribution in [-0.2, 0) is 4.74 Å². The highest BCUT2D eigenvalue weighted by molar-refractivity contribution is 14.0. The molecule has 1 aliphatic heterocycles. The number of aliphatic imine (C=N–C) groups is 1. The maximum absolute atomic E-state index is 5.98. The minimum Gasteiger partial charge on any atom is -0.379 e. The Balaban J connectivity index is 0.00000441. The van der Waals surface area contributed by atoms with Crippen LogP contribution in [0.25, 0.3) is 0 Å². The van der Waals surface area contributed by atoms with Crippen molar-refractivity contribution >= 4 is 29.9 Å². The molecule has 5 nitrogen and oxygen atoms in total. The van der Waals surface area contributed by atoms with Gasteiger partial charge in [-0.25, -0.2) is 0 Å². The number of guanidine groups is 1. The van der Waals surface area contributed by atoms with E-state index in [4.69, 9.17) is 10.5 Å². The van der Waals surface area contributed by atoms with Crippen molar-refractivity contribution in [2.75, 3.05) is 39.4 Å². The van der Waals surface area contributed by atoms with Crippen molar-refractivity contribution in [2.45, 2.75) is 46.6 Å². The average Bonchev–Trinajstić information content (AvgIpc) is 2.50. The zero-order chi connectivity index (χ0) is 15.7. The van der Waals surface area contributed by atoms with Gasteiger partial charge in [0, 0.05) is 32.2 Å². The fraction of sp³-hybridized carbons (Fsp3) is 0.938. The molecule has 0 aromatic heterocycles. The summed E-state index contributed by atoms with van der Waals surface area (Å²) in [6.45, 7) is 14.2. The van der Waals surface area contributed by atoms with Crippen molar-refractivity contribution in [3.63, 3.8) is 0 Å². The number of morpholine rings is 1. The fourth-order valence-corrected chi connectivity index (χ4v) is 2.88. The Morgan fingerprint density at radius 3 is 2.32 bits per heavy atom. The Kier molecular flexibility index (Phi) is 12.3. The molecule has 1 saturated heterocycles. The SMILES string of the molecule is CCC(CC)C(CNC(N)=NCC(C)C)N1CCOCC1.I. The number of hydrogen-bond donors (Lipinski definition) is 2. The van der Waals surface area contributed by atoms with Crippen molar-refractivity contribution in [2.24, 2.45) is 22.6 Å². The lowest BCUT2D eigenvalue weighted by Gasteiger charge is -2.38. The van der Waals surface area contributed by atoms with E-state index in [2.05, 4.69) is 42.9 Å². The van der Waals surface area contributed by atoms with Crippen molar-refractivity contribution in [3.8, 4) is 0 Å². The molecule has 1 unspecified atom stereocenters. The van der Waals surface area contributed by atoms with Gasteiger partial charge in [0.05, 0.1) is 13.2 Å². The Morgan fingerprint density at radius 1 is 1.23 bits per heavy atom. The molecule has 1 atom stereocenters. The first-order chi connectivity index (χ1) is 10.1. The molecule has 0 aliphatic carbocycles. The summed E-state index contributed by atoms with van der Waals surface area (Å²) in [5, 5.41) is 3.33. The Morgan fingerprint density at radius 2 is 1.82 bits per heavy atom. The van der Waals surface area contributed by atoms with Gasteiger partial charge in [0.1, 0.15) is 0 Å². The van der Waals surface area contributed by atoms with Crippen molar-refractivity contribution in [3.05, 3.63) is 0 Å². The summed E-state index contributed by atoms with van der Waals surface area (Å²) in [5.41, 5.74) is 5.98. The van der Waals surface area contributed by atoms with E-state index in [0.717, 1.165) is 39.4 Å². The number of hydrogen-bond acceptors (Lipinski definition) is 3. The van der Waals surface area contributed by atoms with Gasteiger partial charge in [0.25, 0.3) is 0 Å². The van der Waals surface area contributed by atoms with E-state index in [1.165, 1.54) is 12.8 Å². The maximum atomic E-state index is 5.98.